The van der Waals surface area contributed by atoms with Crippen molar-refractivity contribution < 1.29 is 9.84 Å². The van der Waals surface area contributed by atoms with Crippen LogP contribution >= 0.6 is 0 Å². The van der Waals surface area contributed by atoms with E-state index in [0.29, 0.717) is 11.0 Å². The van der Waals surface area contributed by atoms with Crippen molar-refractivity contribution in [1.82, 2.24) is 19.7 Å². The highest BCUT2D eigenvalue weighted by Gasteiger charge is 2.11. The lowest BCUT2D eigenvalue weighted by molar-refractivity contribution is 0.116. The maximum absolute atomic E-state index is 12.0. The Kier molecular flexibility index (Phi) is 4.71. The van der Waals surface area contributed by atoms with Crippen LogP contribution in [-0.2, 0) is 7.05 Å². The van der Waals surface area contributed by atoms with Gasteiger partial charge in [0.05, 0.1) is 6.20 Å². The van der Waals surface area contributed by atoms with Crippen LogP contribution in [0.15, 0.2) is 29.2 Å². The van der Waals surface area contributed by atoms with Crippen LogP contribution in [0.3, 0.4) is 0 Å². The van der Waals surface area contributed by atoms with Gasteiger partial charge >= 0.3 is 0 Å². The number of ether oxygens (including phenoxy) is 1. The first-order valence-electron chi connectivity index (χ1n) is 7.98. The zero-order valence-electron chi connectivity index (χ0n) is 14.4. The van der Waals surface area contributed by atoms with Gasteiger partial charge in [0.2, 0.25) is 5.95 Å². The number of hydrogen-bond acceptors (Lipinski definition) is 6. The molecule has 2 heterocycles. The Balaban J connectivity index is 1.62. The number of aromatic nitrogens is 4. The molecule has 3 rings (SSSR count). The minimum absolute atomic E-state index is 0.136. The number of aryl methyl sites for hydroxylation is 3. The van der Waals surface area contributed by atoms with Crippen LogP contribution < -0.4 is 15.6 Å². The third-order valence-corrected chi connectivity index (χ3v) is 3.94. The molecule has 25 heavy (non-hydrogen) atoms. The van der Waals surface area contributed by atoms with E-state index in [4.69, 9.17) is 4.74 Å². The smallest absolute Gasteiger partial charge is 0.263 e. The lowest BCUT2D eigenvalue weighted by atomic mass is 10.1. The summed E-state index contributed by atoms with van der Waals surface area (Å²) in [4.78, 5) is 18.9. The molecule has 0 radical (unpaired) electrons. The molecular formula is C17H21N5O3. The zero-order chi connectivity index (χ0) is 18.0. The largest absolute Gasteiger partial charge is 0.490 e. The summed E-state index contributed by atoms with van der Waals surface area (Å²) in [5.74, 6) is 1.07. The number of aliphatic hydroxyl groups is 1. The third-order valence-electron chi connectivity index (χ3n) is 3.94. The van der Waals surface area contributed by atoms with Crippen molar-refractivity contribution in [3.8, 4) is 5.75 Å². The van der Waals surface area contributed by atoms with Crippen molar-refractivity contribution in [3.63, 3.8) is 0 Å². The average molecular weight is 343 g/mol. The number of aliphatic hydroxyl groups excluding tert-OH is 1. The second kappa shape index (κ2) is 6.94. The molecule has 0 bridgehead atoms. The van der Waals surface area contributed by atoms with Gasteiger partial charge < -0.3 is 15.2 Å². The quantitative estimate of drug-likeness (QED) is 0.619. The lowest BCUT2D eigenvalue weighted by Crippen LogP contribution is -2.28. The maximum Gasteiger partial charge on any atom is 0.263 e. The number of fused-ring (bicyclic) bond motifs is 1. The first-order valence-corrected chi connectivity index (χ1v) is 7.98. The Morgan fingerprint density at radius 3 is 2.80 bits per heavy atom. The van der Waals surface area contributed by atoms with Gasteiger partial charge in [0.1, 0.15) is 23.8 Å². The Morgan fingerprint density at radius 1 is 1.36 bits per heavy atom. The van der Waals surface area contributed by atoms with Crippen LogP contribution in [0.1, 0.15) is 11.1 Å². The lowest BCUT2D eigenvalue weighted by Gasteiger charge is -2.16. The van der Waals surface area contributed by atoms with Gasteiger partial charge in [0.25, 0.3) is 5.56 Å². The summed E-state index contributed by atoms with van der Waals surface area (Å²) in [6, 6.07) is 5.89. The fourth-order valence-electron chi connectivity index (χ4n) is 2.60. The molecule has 3 N–H and O–H groups in total. The number of nitrogens with zero attached hydrogens (tertiary/aromatic N) is 3. The Hall–Kier alpha value is -2.87. The average Bonchev–Trinajstić information content (AvgIpc) is 2.94. The van der Waals surface area contributed by atoms with Crippen molar-refractivity contribution in [2.75, 3.05) is 18.5 Å². The normalized spacial score (nSPS) is 12.3. The summed E-state index contributed by atoms with van der Waals surface area (Å²) in [5, 5.41) is 17.5. The van der Waals surface area contributed by atoms with Crippen molar-refractivity contribution in [2.24, 2.45) is 7.05 Å². The third kappa shape index (κ3) is 3.63. The number of anilines is 1. The molecule has 8 nitrogen and oxygen atoms in total. The summed E-state index contributed by atoms with van der Waals surface area (Å²) in [5.41, 5.74) is 2.25. The molecule has 0 aliphatic heterocycles. The molecule has 0 fully saturated rings. The molecule has 1 atom stereocenters. The van der Waals surface area contributed by atoms with Crippen LogP contribution in [0.5, 0.6) is 5.75 Å². The van der Waals surface area contributed by atoms with Gasteiger partial charge in [-0.15, -0.1) is 0 Å². The first-order chi connectivity index (χ1) is 12.0. The number of rotatable bonds is 6. The molecule has 0 unspecified atom stereocenters. The standard InChI is InChI=1S/C17H21N5O3/c1-10-5-4-6-11(2)14(10)25-9-12(23)7-18-17-20-15-13(16(24)21-17)8-19-22(15)3/h4-6,8,12,23H,7,9H2,1-3H3,(H2,18,20,21,24)/t12-/m1/s1. The summed E-state index contributed by atoms with van der Waals surface area (Å²) < 4.78 is 7.25. The number of nitrogens with one attached hydrogen (secondary N) is 2. The molecule has 0 spiro atoms. The molecule has 0 saturated heterocycles. The topological polar surface area (TPSA) is 105 Å². The van der Waals surface area contributed by atoms with E-state index in [2.05, 4.69) is 20.4 Å². The number of hydrogen-bond donors (Lipinski definition) is 3. The summed E-state index contributed by atoms with van der Waals surface area (Å²) >= 11 is 0. The van der Waals surface area contributed by atoms with Crippen molar-refractivity contribution in [1.29, 1.82) is 0 Å². The fourth-order valence-corrected chi connectivity index (χ4v) is 2.60. The van der Waals surface area contributed by atoms with Crippen molar-refractivity contribution in [2.45, 2.75) is 20.0 Å². The van der Waals surface area contributed by atoms with E-state index in [1.165, 1.54) is 10.9 Å². The number of benzene rings is 1. The summed E-state index contributed by atoms with van der Waals surface area (Å²) in [6.45, 7) is 4.25. The van der Waals surface area contributed by atoms with Gasteiger partial charge in [-0.25, -0.2) is 0 Å². The van der Waals surface area contributed by atoms with Crippen LogP contribution in [0.4, 0.5) is 5.95 Å². The molecule has 1 aromatic carbocycles. The van der Waals surface area contributed by atoms with Gasteiger partial charge in [0.15, 0.2) is 5.65 Å². The highest BCUT2D eigenvalue weighted by Crippen LogP contribution is 2.22. The molecule has 0 aliphatic rings. The van der Waals surface area contributed by atoms with E-state index in [1.54, 1.807) is 7.05 Å². The van der Waals surface area contributed by atoms with Crippen molar-refractivity contribution in [3.05, 3.63) is 45.9 Å². The summed E-state index contributed by atoms with van der Waals surface area (Å²) in [6.07, 6.45) is 0.713. The van der Waals surface area contributed by atoms with E-state index in [0.717, 1.165) is 16.9 Å². The molecular weight excluding hydrogens is 322 g/mol. The van der Waals surface area contributed by atoms with E-state index >= 15 is 0 Å². The Morgan fingerprint density at radius 2 is 2.08 bits per heavy atom. The number of aromatic amines is 1. The van der Waals surface area contributed by atoms with Gasteiger partial charge in [-0.1, -0.05) is 18.2 Å². The van der Waals surface area contributed by atoms with Crippen LogP contribution in [-0.4, -0.2) is 44.1 Å². The SMILES string of the molecule is Cc1cccc(C)c1OC[C@H](O)CNc1nc2c(cnn2C)c(=O)[nH]1. The van der Waals surface area contributed by atoms with Gasteiger partial charge in [-0.2, -0.15) is 10.1 Å². The summed E-state index contributed by atoms with van der Waals surface area (Å²) in [7, 11) is 1.71. The molecule has 2 aromatic heterocycles. The van der Waals surface area contributed by atoms with Gasteiger partial charge in [-0.05, 0) is 25.0 Å². The zero-order valence-corrected chi connectivity index (χ0v) is 14.4. The Bertz CT molecular complexity index is 927. The minimum Gasteiger partial charge on any atom is -0.490 e. The second-order valence-corrected chi connectivity index (χ2v) is 5.99. The molecule has 132 valence electrons. The number of para-hydroxylation sites is 1. The maximum atomic E-state index is 12.0. The van der Waals surface area contributed by atoms with Crippen LogP contribution in [0.2, 0.25) is 0 Å². The fraction of sp³-hybridized carbons (Fsp3) is 0.353. The number of H-pyrrole nitrogens is 1. The van der Waals surface area contributed by atoms with Crippen LogP contribution in [0, 0.1) is 13.8 Å². The molecule has 3 aromatic rings. The highest BCUT2D eigenvalue weighted by atomic mass is 16.5. The van der Waals surface area contributed by atoms with E-state index in [-0.39, 0.29) is 24.7 Å². The minimum atomic E-state index is -0.758. The molecule has 8 heteroatoms. The van der Waals surface area contributed by atoms with E-state index < -0.39 is 6.10 Å². The predicted molar refractivity (Wildman–Crippen MR) is 95.0 cm³/mol. The van der Waals surface area contributed by atoms with E-state index in [9.17, 15) is 9.90 Å². The molecule has 0 amide bonds. The highest BCUT2D eigenvalue weighted by molar-refractivity contribution is 5.74. The van der Waals surface area contributed by atoms with Gasteiger partial charge in [0, 0.05) is 13.6 Å². The predicted octanol–water partition coefficient (Wildman–Crippen LogP) is 1.13. The Labute approximate surface area is 144 Å². The molecule has 0 saturated carbocycles. The monoisotopic (exact) mass is 343 g/mol. The van der Waals surface area contributed by atoms with Crippen LogP contribution in [0.25, 0.3) is 11.0 Å². The van der Waals surface area contributed by atoms with Gasteiger partial charge in [-0.3, -0.25) is 14.5 Å². The first kappa shape index (κ1) is 17.0. The van der Waals surface area contributed by atoms with E-state index in [1.807, 2.05) is 32.0 Å². The molecule has 0 aliphatic carbocycles. The second-order valence-electron chi connectivity index (χ2n) is 5.99. The van der Waals surface area contributed by atoms with Crippen molar-refractivity contribution >= 4 is 17.0 Å².